The minimum atomic E-state index is -4.34. The first-order valence-electron chi connectivity index (χ1n) is 8.06. The molecule has 0 saturated carbocycles. The Balaban J connectivity index is 1.45. The molecule has 0 bridgehead atoms. The molecule has 6 nitrogen and oxygen atoms in total. The van der Waals surface area contributed by atoms with E-state index in [0.717, 1.165) is 19.4 Å². The number of thiophene rings is 1. The standard InChI is InChI=1S/C15H20F3N3O3S/c16-15(17,18)8-24-9-6-21(7-9)14(23)11-3-4-12(25-11)20-13(22)10-2-1-5-19-10/h3-4,9-10,14,19,23H,1-2,5-8H2,(H,20,22)/t10-,14?/m0/s1. The van der Waals surface area contributed by atoms with E-state index >= 15 is 0 Å². The number of halogens is 3. The minimum absolute atomic E-state index is 0.0926. The van der Waals surface area contributed by atoms with Crippen LogP contribution in [0.5, 0.6) is 0 Å². The smallest absolute Gasteiger partial charge is 0.373 e. The van der Waals surface area contributed by atoms with Crippen LogP contribution < -0.4 is 10.6 Å². The molecule has 2 aliphatic rings. The van der Waals surface area contributed by atoms with Gasteiger partial charge in [-0.05, 0) is 31.5 Å². The summed E-state index contributed by atoms with van der Waals surface area (Å²) in [7, 11) is 0. The molecule has 0 radical (unpaired) electrons. The summed E-state index contributed by atoms with van der Waals surface area (Å²) in [5, 5.41) is 16.8. The van der Waals surface area contributed by atoms with Gasteiger partial charge in [0, 0.05) is 13.1 Å². The summed E-state index contributed by atoms with van der Waals surface area (Å²) in [5.74, 6) is -0.0926. The fraction of sp³-hybridized carbons (Fsp3) is 0.667. The zero-order chi connectivity index (χ0) is 18.0. The largest absolute Gasteiger partial charge is 0.411 e. The number of nitrogens with zero attached hydrogens (tertiary/aromatic N) is 1. The predicted octanol–water partition coefficient (Wildman–Crippen LogP) is 1.69. The van der Waals surface area contributed by atoms with Crippen molar-refractivity contribution in [2.24, 2.45) is 0 Å². The number of ether oxygens (including phenoxy) is 1. The van der Waals surface area contributed by atoms with Crippen LogP contribution >= 0.6 is 11.3 Å². The van der Waals surface area contributed by atoms with Crippen LogP contribution in [-0.4, -0.2) is 60.5 Å². The molecule has 3 rings (SSSR count). The van der Waals surface area contributed by atoms with Crippen molar-refractivity contribution in [3.05, 3.63) is 17.0 Å². The van der Waals surface area contributed by atoms with E-state index in [1.54, 1.807) is 17.0 Å². The van der Waals surface area contributed by atoms with E-state index in [-0.39, 0.29) is 25.0 Å². The van der Waals surface area contributed by atoms with Gasteiger partial charge in [0.15, 0.2) is 0 Å². The second-order valence-corrected chi connectivity index (χ2v) is 7.33. The van der Waals surface area contributed by atoms with Crippen molar-refractivity contribution in [2.75, 3.05) is 31.6 Å². The Bertz CT molecular complexity index is 598. The van der Waals surface area contributed by atoms with Gasteiger partial charge in [0.25, 0.3) is 0 Å². The molecule has 2 atom stereocenters. The summed E-state index contributed by atoms with van der Waals surface area (Å²) < 4.78 is 41.0. The zero-order valence-electron chi connectivity index (χ0n) is 13.4. The number of hydrogen-bond acceptors (Lipinski definition) is 6. The summed E-state index contributed by atoms with van der Waals surface area (Å²) >= 11 is 1.25. The van der Waals surface area contributed by atoms with Crippen molar-refractivity contribution in [1.29, 1.82) is 0 Å². The topological polar surface area (TPSA) is 73.8 Å². The lowest BCUT2D eigenvalue weighted by atomic mass is 10.1. The van der Waals surface area contributed by atoms with E-state index in [4.69, 9.17) is 4.74 Å². The number of carbonyl (C=O) groups is 1. The first-order chi connectivity index (χ1) is 11.8. The highest BCUT2D eigenvalue weighted by molar-refractivity contribution is 7.16. The van der Waals surface area contributed by atoms with E-state index in [2.05, 4.69) is 10.6 Å². The Hall–Kier alpha value is -1.20. The maximum atomic E-state index is 12.1. The second kappa shape index (κ2) is 7.58. The zero-order valence-corrected chi connectivity index (χ0v) is 14.2. The van der Waals surface area contributed by atoms with Crippen LogP contribution in [0.25, 0.3) is 0 Å². The van der Waals surface area contributed by atoms with Crippen LogP contribution in [0.2, 0.25) is 0 Å². The van der Waals surface area contributed by atoms with Crippen molar-refractivity contribution >= 4 is 22.2 Å². The average molecular weight is 379 g/mol. The number of anilines is 1. The number of amides is 1. The third-order valence-electron chi connectivity index (χ3n) is 4.21. The van der Waals surface area contributed by atoms with Gasteiger partial charge in [0.1, 0.15) is 12.8 Å². The van der Waals surface area contributed by atoms with Crippen molar-refractivity contribution < 1.29 is 27.8 Å². The van der Waals surface area contributed by atoms with Crippen molar-refractivity contribution in [3.63, 3.8) is 0 Å². The molecule has 3 N–H and O–H groups in total. The van der Waals surface area contributed by atoms with Crippen LogP contribution in [0.3, 0.4) is 0 Å². The Labute approximate surface area is 146 Å². The first kappa shape index (κ1) is 18.6. The Morgan fingerprint density at radius 2 is 2.24 bits per heavy atom. The molecule has 2 aliphatic heterocycles. The highest BCUT2D eigenvalue weighted by atomic mass is 32.1. The summed E-state index contributed by atoms with van der Waals surface area (Å²) in [6.45, 7) is 0.0384. The van der Waals surface area contributed by atoms with E-state index in [0.29, 0.717) is 9.88 Å². The maximum Gasteiger partial charge on any atom is 0.411 e. The van der Waals surface area contributed by atoms with Gasteiger partial charge in [-0.3, -0.25) is 9.69 Å². The first-order valence-corrected chi connectivity index (χ1v) is 8.88. The molecule has 1 aromatic heterocycles. The molecule has 3 heterocycles. The van der Waals surface area contributed by atoms with E-state index in [1.807, 2.05) is 0 Å². The molecule has 0 spiro atoms. The van der Waals surface area contributed by atoms with Crippen molar-refractivity contribution in [2.45, 2.75) is 37.4 Å². The predicted molar refractivity (Wildman–Crippen MR) is 86.3 cm³/mol. The van der Waals surface area contributed by atoms with Crippen LogP contribution in [0.1, 0.15) is 23.9 Å². The summed E-state index contributed by atoms with van der Waals surface area (Å²) in [6.07, 6.45) is -4.00. The molecule has 140 valence electrons. The summed E-state index contributed by atoms with van der Waals surface area (Å²) in [5.41, 5.74) is 0. The van der Waals surface area contributed by atoms with Gasteiger partial charge in [-0.15, -0.1) is 11.3 Å². The number of hydrogen-bond donors (Lipinski definition) is 3. The van der Waals surface area contributed by atoms with Gasteiger partial charge in [0.05, 0.1) is 22.0 Å². The quantitative estimate of drug-likeness (QED) is 0.702. The number of likely N-dealkylation sites (tertiary alicyclic amines) is 1. The monoisotopic (exact) mass is 379 g/mol. The normalized spacial score (nSPS) is 23.4. The molecule has 1 amide bonds. The fourth-order valence-corrected chi connectivity index (χ4v) is 3.77. The number of rotatable bonds is 6. The van der Waals surface area contributed by atoms with Gasteiger partial charge in [-0.25, -0.2) is 0 Å². The third kappa shape index (κ3) is 4.91. The van der Waals surface area contributed by atoms with Gasteiger partial charge < -0.3 is 20.5 Å². The van der Waals surface area contributed by atoms with Crippen molar-refractivity contribution in [3.8, 4) is 0 Å². The molecule has 1 unspecified atom stereocenters. The van der Waals surface area contributed by atoms with Crippen molar-refractivity contribution in [1.82, 2.24) is 10.2 Å². The highest BCUT2D eigenvalue weighted by Gasteiger charge is 2.37. The third-order valence-corrected chi connectivity index (χ3v) is 5.25. The lowest BCUT2D eigenvalue weighted by molar-refractivity contribution is -0.209. The number of alkyl halides is 3. The van der Waals surface area contributed by atoms with Crippen LogP contribution in [0, 0.1) is 0 Å². The minimum Gasteiger partial charge on any atom is -0.373 e. The van der Waals surface area contributed by atoms with Gasteiger partial charge >= 0.3 is 6.18 Å². The Kier molecular flexibility index (Phi) is 5.64. The molecule has 0 aromatic carbocycles. The van der Waals surface area contributed by atoms with E-state index in [1.165, 1.54) is 11.3 Å². The maximum absolute atomic E-state index is 12.1. The molecule has 1 aromatic rings. The van der Waals surface area contributed by atoms with Crippen LogP contribution in [0.15, 0.2) is 12.1 Å². The number of aliphatic hydroxyl groups is 1. The number of carbonyl (C=O) groups excluding carboxylic acids is 1. The fourth-order valence-electron chi connectivity index (χ4n) is 2.84. The van der Waals surface area contributed by atoms with Crippen LogP contribution in [-0.2, 0) is 9.53 Å². The van der Waals surface area contributed by atoms with Crippen LogP contribution in [0.4, 0.5) is 18.2 Å². The Morgan fingerprint density at radius 3 is 2.88 bits per heavy atom. The number of aliphatic hydroxyl groups excluding tert-OH is 1. The summed E-state index contributed by atoms with van der Waals surface area (Å²) in [4.78, 5) is 14.3. The van der Waals surface area contributed by atoms with E-state index < -0.39 is 25.1 Å². The lowest BCUT2D eigenvalue weighted by Gasteiger charge is -2.41. The van der Waals surface area contributed by atoms with Gasteiger partial charge in [0.2, 0.25) is 5.91 Å². The van der Waals surface area contributed by atoms with Gasteiger partial charge in [-0.1, -0.05) is 0 Å². The molecule has 25 heavy (non-hydrogen) atoms. The second-order valence-electron chi connectivity index (χ2n) is 6.22. The highest BCUT2D eigenvalue weighted by Crippen LogP contribution is 2.32. The van der Waals surface area contributed by atoms with E-state index in [9.17, 15) is 23.1 Å². The van der Waals surface area contributed by atoms with Gasteiger partial charge in [-0.2, -0.15) is 13.2 Å². The molecule has 2 saturated heterocycles. The molecular formula is C15H20F3N3O3S. The number of nitrogens with one attached hydrogen (secondary N) is 2. The molecule has 10 heteroatoms. The SMILES string of the molecule is O=C(Nc1ccc(C(O)N2CC(OCC(F)(F)F)C2)s1)[C@@H]1CCCN1. The summed E-state index contributed by atoms with van der Waals surface area (Å²) in [6, 6.07) is 3.24. The molecule has 0 aliphatic carbocycles. The molecular weight excluding hydrogens is 359 g/mol. The Morgan fingerprint density at radius 1 is 1.48 bits per heavy atom. The molecule has 2 fully saturated rings. The average Bonchev–Trinajstić information content (AvgIpc) is 3.15. The lowest BCUT2D eigenvalue weighted by Crippen LogP contribution is -2.54.